The fourth-order valence-corrected chi connectivity index (χ4v) is 3.94. The molecule has 156 valence electrons. The first-order valence-corrected chi connectivity index (χ1v) is 10.1. The highest BCUT2D eigenvalue weighted by atomic mass is 35.5. The number of nitrogens with one attached hydrogen (secondary N) is 3. The van der Waals surface area contributed by atoms with Crippen LogP contribution >= 0.6 is 12.4 Å². The van der Waals surface area contributed by atoms with E-state index in [-0.39, 0.29) is 30.1 Å². The Morgan fingerprint density at radius 2 is 2.00 bits per heavy atom. The van der Waals surface area contributed by atoms with Gasteiger partial charge in [-0.2, -0.15) is 5.10 Å². The monoisotopic (exact) mass is 417 g/mol. The van der Waals surface area contributed by atoms with E-state index in [1.54, 1.807) is 10.9 Å². The zero-order valence-electron chi connectivity index (χ0n) is 16.4. The topological polar surface area (TPSA) is 88.1 Å². The van der Waals surface area contributed by atoms with Gasteiger partial charge in [0.25, 0.3) is 0 Å². The van der Waals surface area contributed by atoms with Gasteiger partial charge in [-0.15, -0.1) is 12.4 Å². The number of nitrogens with zero attached hydrogens (tertiary/aromatic N) is 2. The molecule has 4 rings (SSSR count). The van der Waals surface area contributed by atoms with Crippen molar-refractivity contribution in [3.63, 3.8) is 0 Å². The van der Waals surface area contributed by atoms with E-state index in [1.165, 1.54) is 0 Å². The normalized spacial score (nSPS) is 18.2. The molecule has 29 heavy (non-hydrogen) atoms. The van der Waals surface area contributed by atoms with E-state index in [2.05, 4.69) is 21.0 Å². The Morgan fingerprint density at radius 1 is 1.21 bits per heavy atom. The lowest BCUT2D eigenvalue weighted by molar-refractivity contribution is -0.132. The molecule has 0 bridgehead atoms. The molecule has 0 radical (unpaired) electrons. The molecule has 8 heteroatoms. The highest BCUT2D eigenvalue weighted by Crippen LogP contribution is 2.28. The maximum absolute atomic E-state index is 13.1. The molecule has 1 saturated heterocycles. The maximum atomic E-state index is 13.1. The lowest BCUT2D eigenvalue weighted by Crippen LogP contribution is -2.54. The molecule has 2 amide bonds. The second kappa shape index (κ2) is 9.41. The highest BCUT2D eigenvalue weighted by Gasteiger charge is 2.41. The third-order valence-electron chi connectivity index (χ3n) is 5.92. The molecule has 2 aromatic rings. The Labute approximate surface area is 177 Å². The molecule has 0 atom stereocenters. The van der Waals surface area contributed by atoms with Crippen LogP contribution in [-0.2, 0) is 21.7 Å². The Bertz CT molecular complexity index is 829. The van der Waals surface area contributed by atoms with Crippen molar-refractivity contribution in [2.45, 2.75) is 44.2 Å². The molecular formula is C21H28ClN5O2. The van der Waals surface area contributed by atoms with Gasteiger partial charge in [-0.1, -0.05) is 18.6 Å². The van der Waals surface area contributed by atoms with Gasteiger partial charge in [0.1, 0.15) is 5.54 Å². The average molecular weight is 418 g/mol. The van der Waals surface area contributed by atoms with Crippen LogP contribution in [0.15, 0.2) is 42.7 Å². The molecule has 2 aliphatic rings. The number of benzene rings is 1. The molecule has 2 fully saturated rings. The van der Waals surface area contributed by atoms with Crippen LogP contribution in [0.4, 0.5) is 5.69 Å². The van der Waals surface area contributed by atoms with Gasteiger partial charge in [-0.25, -0.2) is 0 Å². The van der Waals surface area contributed by atoms with E-state index >= 15 is 0 Å². The fourth-order valence-electron chi connectivity index (χ4n) is 3.94. The quantitative estimate of drug-likeness (QED) is 0.673. The van der Waals surface area contributed by atoms with Gasteiger partial charge in [-0.3, -0.25) is 14.3 Å². The smallest absolute Gasteiger partial charge is 0.248 e. The first-order valence-electron chi connectivity index (χ1n) is 10.1. The number of piperidine rings is 1. The summed E-state index contributed by atoms with van der Waals surface area (Å²) >= 11 is 0. The van der Waals surface area contributed by atoms with Crippen molar-refractivity contribution < 1.29 is 9.59 Å². The Kier molecular flexibility index (Phi) is 6.92. The van der Waals surface area contributed by atoms with Gasteiger partial charge in [0, 0.05) is 30.5 Å². The third kappa shape index (κ3) is 4.62. The number of carbonyl (C=O) groups excluding carboxylic acids is 2. The Morgan fingerprint density at radius 3 is 2.66 bits per heavy atom. The van der Waals surface area contributed by atoms with Crippen molar-refractivity contribution >= 4 is 29.9 Å². The van der Waals surface area contributed by atoms with Gasteiger partial charge >= 0.3 is 0 Å². The zero-order chi connectivity index (χ0) is 19.4. The van der Waals surface area contributed by atoms with Crippen molar-refractivity contribution in [3.05, 3.63) is 48.3 Å². The zero-order valence-corrected chi connectivity index (χ0v) is 17.2. The van der Waals surface area contributed by atoms with Gasteiger partial charge in [0.2, 0.25) is 11.8 Å². The van der Waals surface area contributed by atoms with E-state index in [9.17, 15) is 9.59 Å². The summed E-state index contributed by atoms with van der Waals surface area (Å²) in [6.45, 7) is 1.99. The van der Waals surface area contributed by atoms with Crippen molar-refractivity contribution in [1.29, 1.82) is 0 Å². The highest BCUT2D eigenvalue weighted by molar-refractivity contribution is 5.93. The second-order valence-electron chi connectivity index (χ2n) is 7.73. The van der Waals surface area contributed by atoms with E-state index in [0.717, 1.165) is 43.6 Å². The van der Waals surface area contributed by atoms with Crippen molar-refractivity contribution in [3.8, 4) is 0 Å². The van der Waals surface area contributed by atoms with Crippen LogP contribution in [0.3, 0.4) is 0 Å². The molecule has 1 aromatic carbocycles. The van der Waals surface area contributed by atoms with E-state index in [4.69, 9.17) is 0 Å². The fraction of sp³-hybridized carbons (Fsp3) is 0.476. The summed E-state index contributed by atoms with van der Waals surface area (Å²) in [4.78, 5) is 25.3. The minimum atomic E-state index is -0.648. The number of anilines is 1. The van der Waals surface area contributed by atoms with Crippen LogP contribution < -0.4 is 16.0 Å². The molecule has 1 aromatic heterocycles. The predicted molar refractivity (Wildman–Crippen MR) is 114 cm³/mol. The minimum absolute atomic E-state index is 0. The predicted octanol–water partition coefficient (Wildman–Crippen LogP) is 2.44. The van der Waals surface area contributed by atoms with Crippen molar-refractivity contribution in [2.75, 3.05) is 18.4 Å². The Balaban J connectivity index is 0.00000240. The number of rotatable bonds is 6. The number of amides is 2. The van der Waals surface area contributed by atoms with Gasteiger partial charge in [-0.05, 0) is 62.5 Å². The molecule has 1 aliphatic carbocycles. The standard InChI is InChI=1S/C21H27N5O2.ClH/c27-19(17-5-2-6-17)25-18-7-1-4-16(14-18)15-23-20(28)21(8-11-22-12-9-21)26-13-3-10-24-26;/h1,3-4,7,10,13-14,17,22H,2,5-6,8-9,11-12,15H2,(H,23,28)(H,25,27);1H. The molecular weight excluding hydrogens is 390 g/mol. The minimum Gasteiger partial charge on any atom is -0.350 e. The van der Waals surface area contributed by atoms with Crippen LogP contribution in [0, 0.1) is 5.92 Å². The van der Waals surface area contributed by atoms with Crippen LogP contribution in [-0.4, -0.2) is 34.7 Å². The summed E-state index contributed by atoms with van der Waals surface area (Å²) in [5.41, 5.74) is 1.10. The molecule has 1 saturated carbocycles. The van der Waals surface area contributed by atoms with Crippen LogP contribution in [0.2, 0.25) is 0 Å². The maximum Gasteiger partial charge on any atom is 0.248 e. The van der Waals surface area contributed by atoms with Gasteiger partial charge < -0.3 is 16.0 Å². The first-order chi connectivity index (χ1) is 13.7. The molecule has 7 nitrogen and oxygen atoms in total. The number of hydrogen-bond acceptors (Lipinski definition) is 4. The average Bonchev–Trinajstić information content (AvgIpc) is 3.21. The number of aromatic nitrogens is 2. The summed E-state index contributed by atoms with van der Waals surface area (Å²) in [6, 6.07) is 9.54. The van der Waals surface area contributed by atoms with Gasteiger partial charge in [0.05, 0.1) is 0 Å². The summed E-state index contributed by atoms with van der Waals surface area (Å²) in [7, 11) is 0. The molecule has 0 spiro atoms. The SMILES string of the molecule is Cl.O=C(Nc1cccc(CNC(=O)C2(n3cccn3)CCNCC2)c1)C1CCC1. The lowest BCUT2D eigenvalue weighted by Gasteiger charge is -2.36. The number of hydrogen-bond donors (Lipinski definition) is 3. The Hall–Kier alpha value is -2.38. The summed E-state index contributed by atoms with van der Waals surface area (Å²) in [6.07, 6.45) is 8.08. The second-order valence-corrected chi connectivity index (χ2v) is 7.73. The summed E-state index contributed by atoms with van der Waals surface area (Å²) in [5, 5.41) is 13.7. The van der Waals surface area contributed by atoms with Crippen molar-refractivity contribution in [2.24, 2.45) is 5.92 Å². The first kappa shape index (κ1) is 21.3. The summed E-state index contributed by atoms with van der Waals surface area (Å²) in [5.74, 6) is 0.235. The van der Waals surface area contributed by atoms with Crippen molar-refractivity contribution in [1.82, 2.24) is 20.4 Å². The van der Waals surface area contributed by atoms with E-state index < -0.39 is 5.54 Å². The van der Waals surface area contributed by atoms with Gasteiger partial charge in [0.15, 0.2) is 0 Å². The molecule has 3 N–H and O–H groups in total. The molecule has 1 aliphatic heterocycles. The van der Waals surface area contributed by atoms with Crippen LogP contribution in [0.25, 0.3) is 0 Å². The molecule has 0 unspecified atom stereocenters. The van der Waals surface area contributed by atoms with E-state index in [1.807, 2.05) is 36.5 Å². The van der Waals surface area contributed by atoms with Crippen LogP contribution in [0.5, 0.6) is 0 Å². The lowest BCUT2D eigenvalue weighted by atomic mass is 9.85. The summed E-state index contributed by atoms with van der Waals surface area (Å²) < 4.78 is 1.79. The largest absolute Gasteiger partial charge is 0.350 e. The number of halogens is 1. The van der Waals surface area contributed by atoms with Crippen LogP contribution in [0.1, 0.15) is 37.7 Å². The molecule has 2 heterocycles. The number of carbonyl (C=O) groups is 2. The van der Waals surface area contributed by atoms with E-state index in [0.29, 0.717) is 19.4 Å². The third-order valence-corrected chi connectivity index (χ3v) is 5.92.